The van der Waals surface area contributed by atoms with Crippen molar-refractivity contribution in [3.05, 3.63) is 28.7 Å². The van der Waals surface area contributed by atoms with E-state index in [1.165, 1.54) is 0 Å². The molecule has 1 rings (SSSR count). The lowest BCUT2D eigenvalue weighted by molar-refractivity contribution is -0.155. The van der Waals surface area contributed by atoms with Gasteiger partial charge in [0.2, 0.25) is 0 Å². The summed E-state index contributed by atoms with van der Waals surface area (Å²) in [6, 6.07) is 7.29. The van der Waals surface area contributed by atoms with Gasteiger partial charge in [-0.3, -0.25) is 4.79 Å². The molecule has 1 atom stereocenters. The minimum atomic E-state index is -1.27. The molecule has 0 aliphatic heterocycles. The molecule has 0 saturated carbocycles. The number of carbonyl (C=O) groups is 1. The van der Waals surface area contributed by atoms with Crippen LogP contribution < -0.4 is 0 Å². The number of hydrogen-bond acceptors (Lipinski definition) is 3. The van der Waals surface area contributed by atoms with Crippen molar-refractivity contribution in [3.63, 3.8) is 0 Å². The molecule has 0 saturated heterocycles. The maximum atomic E-state index is 12.6. The van der Waals surface area contributed by atoms with E-state index >= 15 is 0 Å². The zero-order chi connectivity index (χ0) is 15.6. The molecule has 0 fully saturated rings. The van der Waals surface area contributed by atoms with Crippen LogP contribution in [0.25, 0.3) is 0 Å². The molecule has 20 heavy (non-hydrogen) atoms. The van der Waals surface area contributed by atoms with E-state index in [9.17, 15) is 9.35 Å². The van der Waals surface area contributed by atoms with Gasteiger partial charge in [-0.25, -0.2) is 0 Å². The van der Waals surface area contributed by atoms with E-state index in [0.717, 1.165) is 4.47 Å². The molecule has 0 heterocycles. The Balaban J connectivity index is 2.77. The Morgan fingerprint density at radius 1 is 1.20 bits per heavy atom. The zero-order valence-corrected chi connectivity index (χ0v) is 14.9. The lowest BCUT2D eigenvalue weighted by Crippen LogP contribution is -2.37. The van der Waals surface area contributed by atoms with E-state index in [1.54, 1.807) is 12.1 Å². The average Bonchev–Trinajstić information content (AvgIpc) is 2.25. The first-order valence-electron chi connectivity index (χ1n) is 6.40. The van der Waals surface area contributed by atoms with Crippen molar-refractivity contribution in [2.24, 2.45) is 0 Å². The number of esters is 1. The average molecular weight is 361 g/mol. The maximum Gasteiger partial charge on any atom is 0.311 e. The van der Waals surface area contributed by atoms with E-state index in [4.69, 9.17) is 4.74 Å². The van der Waals surface area contributed by atoms with Crippen molar-refractivity contribution >= 4 is 33.1 Å². The van der Waals surface area contributed by atoms with Crippen LogP contribution >= 0.6 is 15.9 Å². The summed E-state index contributed by atoms with van der Waals surface area (Å²) in [7, 11) is 0. The van der Waals surface area contributed by atoms with Gasteiger partial charge in [-0.1, -0.05) is 15.9 Å². The Hall–Kier alpha value is -0.520. The van der Waals surface area contributed by atoms with Gasteiger partial charge < -0.3 is 9.29 Å². The van der Waals surface area contributed by atoms with Gasteiger partial charge in [0.15, 0.2) is 4.90 Å². The van der Waals surface area contributed by atoms with Crippen LogP contribution in [0.5, 0.6) is 0 Å². The molecular weight excluding hydrogens is 340 g/mol. The standard InChI is InChI=1S/C15H21BrO3S/c1-14(2,3)19-13(17)10-15(4,5)20(18)12-8-6-11(16)7-9-12/h6-9H,10H2,1-5H3. The molecule has 0 amide bonds. The van der Waals surface area contributed by atoms with Gasteiger partial charge in [-0.15, -0.1) is 0 Å². The Morgan fingerprint density at radius 2 is 1.70 bits per heavy atom. The Morgan fingerprint density at radius 3 is 2.15 bits per heavy atom. The van der Waals surface area contributed by atoms with Crippen LogP contribution in [0.15, 0.2) is 33.6 Å². The largest absolute Gasteiger partial charge is 0.611 e. The highest BCUT2D eigenvalue weighted by atomic mass is 79.9. The molecule has 3 nitrogen and oxygen atoms in total. The second-order valence-electron chi connectivity index (χ2n) is 6.25. The molecule has 0 N–H and O–H groups in total. The van der Waals surface area contributed by atoms with E-state index in [1.807, 2.05) is 46.8 Å². The molecule has 0 aliphatic carbocycles. The predicted octanol–water partition coefficient (Wildman–Crippen LogP) is 4.07. The second kappa shape index (κ2) is 6.50. The fraction of sp³-hybridized carbons (Fsp3) is 0.533. The first-order chi connectivity index (χ1) is 9.01. The highest BCUT2D eigenvalue weighted by Crippen LogP contribution is 2.30. The summed E-state index contributed by atoms with van der Waals surface area (Å²) in [4.78, 5) is 12.6. The molecule has 0 radical (unpaired) electrons. The normalized spacial score (nSPS) is 13.9. The molecule has 1 aromatic carbocycles. The van der Waals surface area contributed by atoms with Crippen molar-refractivity contribution in [1.82, 2.24) is 0 Å². The Labute approximate surface area is 132 Å². The van der Waals surface area contributed by atoms with Crippen LogP contribution in [0.4, 0.5) is 0 Å². The summed E-state index contributed by atoms with van der Waals surface area (Å²) < 4.78 is 18.1. The molecule has 1 unspecified atom stereocenters. The number of halogens is 1. The fourth-order valence-electron chi connectivity index (χ4n) is 1.67. The first kappa shape index (κ1) is 17.5. The van der Waals surface area contributed by atoms with Crippen molar-refractivity contribution in [2.75, 3.05) is 0 Å². The van der Waals surface area contributed by atoms with Crippen molar-refractivity contribution in [1.29, 1.82) is 0 Å². The highest BCUT2D eigenvalue weighted by molar-refractivity contribution is 9.10. The van der Waals surface area contributed by atoms with E-state index in [2.05, 4.69) is 15.9 Å². The molecule has 1 aromatic rings. The molecule has 0 aliphatic rings. The molecular formula is C15H21BrO3S. The highest BCUT2D eigenvalue weighted by Gasteiger charge is 2.37. The van der Waals surface area contributed by atoms with Crippen LogP contribution in [-0.4, -0.2) is 20.9 Å². The van der Waals surface area contributed by atoms with Gasteiger partial charge in [-0.2, -0.15) is 0 Å². The fourth-order valence-corrected chi connectivity index (χ4v) is 3.20. The summed E-state index contributed by atoms with van der Waals surface area (Å²) in [5.74, 6) is -0.326. The Kier molecular flexibility index (Phi) is 5.70. The first-order valence-corrected chi connectivity index (χ1v) is 8.35. The van der Waals surface area contributed by atoms with Crippen LogP contribution in [0, 0.1) is 0 Å². The lowest BCUT2D eigenvalue weighted by Gasteiger charge is -2.29. The number of hydrogen-bond donors (Lipinski definition) is 0. The van der Waals surface area contributed by atoms with Gasteiger partial charge >= 0.3 is 5.97 Å². The summed E-state index contributed by atoms with van der Waals surface area (Å²) >= 11 is 2.07. The summed E-state index contributed by atoms with van der Waals surface area (Å²) in [5.41, 5.74) is -0.522. The van der Waals surface area contributed by atoms with Crippen molar-refractivity contribution < 1.29 is 14.1 Å². The number of rotatable bonds is 4. The predicted molar refractivity (Wildman–Crippen MR) is 85.1 cm³/mol. The SMILES string of the molecule is CC(C)(C)OC(=O)CC(C)(C)[S+]([O-])c1ccc(Br)cc1. The third kappa shape index (κ3) is 5.46. The van der Waals surface area contributed by atoms with E-state index in [-0.39, 0.29) is 12.4 Å². The van der Waals surface area contributed by atoms with E-state index < -0.39 is 21.5 Å². The minimum Gasteiger partial charge on any atom is -0.611 e. The van der Waals surface area contributed by atoms with Crippen LogP contribution in [-0.2, 0) is 20.7 Å². The van der Waals surface area contributed by atoms with Crippen LogP contribution in [0.2, 0.25) is 0 Å². The van der Waals surface area contributed by atoms with Gasteiger partial charge in [0.05, 0.1) is 6.42 Å². The number of ether oxygens (including phenoxy) is 1. The van der Waals surface area contributed by atoms with Crippen LogP contribution in [0.1, 0.15) is 41.0 Å². The number of carbonyl (C=O) groups excluding carboxylic acids is 1. The molecule has 112 valence electrons. The second-order valence-corrected chi connectivity index (χ2v) is 9.28. The summed E-state index contributed by atoms with van der Waals surface area (Å²) in [6.07, 6.45) is 0.118. The Bertz CT molecular complexity index is 463. The summed E-state index contributed by atoms with van der Waals surface area (Å²) in [6.45, 7) is 9.10. The molecule has 0 spiro atoms. The summed E-state index contributed by atoms with van der Waals surface area (Å²) in [5, 5.41) is 0. The minimum absolute atomic E-state index is 0.118. The lowest BCUT2D eigenvalue weighted by atomic mass is 10.1. The van der Waals surface area contributed by atoms with Gasteiger partial charge in [-0.05, 0) is 70.1 Å². The molecule has 0 aromatic heterocycles. The third-order valence-corrected chi connectivity index (χ3v) is 4.90. The van der Waals surface area contributed by atoms with Gasteiger partial charge in [0, 0.05) is 4.47 Å². The van der Waals surface area contributed by atoms with Crippen LogP contribution in [0.3, 0.4) is 0 Å². The van der Waals surface area contributed by atoms with Crippen molar-refractivity contribution in [2.45, 2.75) is 56.3 Å². The number of benzene rings is 1. The van der Waals surface area contributed by atoms with Crippen molar-refractivity contribution in [3.8, 4) is 0 Å². The van der Waals surface area contributed by atoms with E-state index in [0.29, 0.717) is 4.90 Å². The molecule has 5 heteroatoms. The molecule has 0 bridgehead atoms. The third-order valence-electron chi connectivity index (χ3n) is 2.52. The zero-order valence-electron chi connectivity index (χ0n) is 12.5. The smallest absolute Gasteiger partial charge is 0.311 e. The topological polar surface area (TPSA) is 49.4 Å². The van der Waals surface area contributed by atoms with Gasteiger partial charge in [0.1, 0.15) is 10.3 Å². The van der Waals surface area contributed by atoms with Gasteiger partial charge in [0.25, 0.3) is 0 Å². The quantitative estimate of drug-likeness (QED) is 0.600. The maximum absolute atomic E-state index is 12.6. The monoisotopic (exact) mass is 360 g/mol.